The molecule has 1 aliphatic carbocycles. The molecule has 1 saturated carbocycles. The molecule has 2 heterocycles. The molecule has 212 valence electrons. The van der Waals surface area contributed by atoms with E-state index in [4.69, 9.17) is 0 Å². The minimum atomic E-state index is -4.42. The number of hydrogen-bond donors (Lipinski definition) is 3. The predicted molar refractivity (Wildman–Crippen MR) is 133 cm³/mol. The molecule has 2 atom stereocenters. The molecule has 1 aliphatic rings. The van der Waals surface area contributed by atoms with E-state index < -0.39 is 48.8 Å². The molecule has 0 saturated heterocycles. The predicted octanol–water partition coefficient (Wildman–Crippen LogP) is 5.50. The van der Waals surface area contributed by atoms with Gasteiger partial charge in [-0.1, -0.05) is 13.0 Å². The lowest BCUT2D eigenvalue weighted by Gasteiger charge is -2.33. The van der Waals surface area contributed by atoms with Crippen LogP contribution in [-0.2, 0) is 11.8 Å². The minimum Gasteiger partial charge on any atom is -0.349 e. The molecule has 0 bridgehead atoms. The van der Waals surface area contributed by atoms with E-state index >= 15 is 0 Å². The summed E-state index contributed by atoms with van der Waals surface area (Å²) in [6, 6.07) is 5.58. The molecule has 1 fully saturated rings. The van der Waals surface area contributed by atoms with Gasteiger partial charge in [0.1, 0.15) is 11.5 Å². The number of aromatic amines is 1. The first-order chi connectivity index (χ1) is 18.3. The number of fused-ring (bicyclic) bond motifs is 1. The van der Waals surface area contributed by atoms with Crippen LogP contribution >= 0.6 is 0 Å². The zero-order valence-corrected chi connectivity index (χ0v) is 21.6. The van der Waals surface area contributed by atoms with E-state index in [1.807, 2.05) is 0 Å². The molecule has 3 N–H and O–H groups in total. The van der Waals surface area contributed by atoms with Crippen LogP contribution in [0.2, 0.25) is 0 Å². The van der Waals surface area contributed by atoms with Gasteiger partial charge in [0.2, 0.25) is 11.8 Å². The Kier molecular flexibility index (Phi) is 8.26. The van der Waals surface area contributed by atoms with Crippen molar-refractivity contribution in [3.63, 3.8) is 0 Å². The molecule has 0 radical (unpaired) electrons. The van der Waals surface area contributed by atoms with Gasteiger partial charge in [0.05, 0.1) is 29.5 Å². The van der Waals surface area contributed by atoms with E-state index in [0.29, 0.717) is 34.5 Å². The van der Waals surface area contributed by atoms with Gasteiger partial charge in [0.15, 0.2) is 0 Å². The quantitative estimate of drug-likeness (QED) is 0.304. The Labute approximate surface area is 221 Å². The van der Waals surface area contributed by atoms with Crippen molar-refractivity contribution < 1.29 is 31.5 Å². The Morgan fingerprint density at radius 3 is 2.51 bits per heavy atom. The number of aromatic nitrogens is 4. The van der Waals surface area contributed by atoms with E-state index in [2.05, 4.69) is 25.7 Å². The number of carbonyl (C=O) groups excluding carboxylic acids is 2. The second-order valence-electron chi connectivity index (χ2n) is 10.0. The summed E-state index contributed by atoms with van der Waals surface area (Å²) in [7, 11) is 1.62. The smallest absolute Gasteiger partial charge is 0.349 e. The lowest BCUT2D eigenvalue weighted by molar-refractivity contribution is -0.144. The maximum absolute atomic E-state index is 13.9. The van der Waals surface area contributed by atoms with Crippen LogP contribution < -0.4 is 10.6 Å². The second-order valence-corrected chi connectivity index (χ2v) is 10.0. The molecule has 2 aromatic heterocycles. The molecular weight excluding hydrogens is 523 g/mol. The van der Waals surface area contributed by atoms with Crippen LogP contribution in [0.25, 0.3) is 11.0 Å². The highest BCUT2D eigenvalue weighted by molar-refractivity contribution is 5.92. The van der Waals surface area contributed by atoms with Crippen LogP contribution in [0.15, 0.2) is 30.5 Å². The molecular formula is C26H31F5N6O2. The first-order valence-corrected chi connectivity index (χ1v) is 12.9. The third-order valence-corrected chi connectivity index (χ3v) is 7.17. The van der Waals surface area contributed by atoms with Crippen LogP contribution in [-0.4, -0.2) is 43.7 Å². The van der Waals surface area contributed by atoms with Gasteiger partial charge < -0.3 is 15.6 Å². The fraction of sp³-hybridized carbons (Fsp3) is 0.538. The van der Waals surface area contributed by atoms with Gasteiger partial charge in [0.25, 0.3) is 5.91 Å². The Hall–Kier alpha value is -3.51. The molecule has 3 aromatic rings. The van der Waals surface area contributed by atoms with Gasteiger partial charge in [-0.25, -0.2) is 13.8 Å². The third-order valence-electron chi connectivity index (χ3n) is 7.17. The summed E-state index contributed by atoms with van der Waals surface area (Å²) in [4.78, 5) is 33.0. The second kappa shape index (κ2) is 11.3. The normalized spacial score (nSPS) is 17.6. The molecule has 1 aromatic carbocycles. The number of H-pyrrole nitrogens is 1. The molecule has 2 amide bonds. The van der Waals surface area contributed by atoms with E-state index in [0.717, 1.165) is 0 Å². The van der Waals surface area contributed by atoms with E-state index in [1.165, 1.54) is 10.9 Å². The molecule has 39 heavy (non-hydrogen) atoms. The number of aryl methyl sites for hydroxylation is 1. The largest absolute Gasteiger partial charge is 0.389 e. The van der Waals surface area contributed by atoms with Crippen molar-refractivity contribution in [2.75, 3.05) is 0 Å². The fourth-order valence-electron chi connectivity index (χ4n) is 4.97. The van der Waals surface area contributed by atoms with Crippen LogP contribution in [0.4, 0.5) is 22.0 Å². The number of hydrogen-bond acceptors (Lipinski definition) is 4. The van der Waals surface area contributed by atoms with Gasteiger partial charge in [-0.15, -0.1) is 0 Å². The van der Waals surface area contributed by atoms with E-state index in [9.17, 15) is 31.5 Å². The van der Waals surface area contributed by atoms with Crippen LogP contribution in [0.5, 0.6) is 0 Å². The number of alkyl halides is 5. The summed E-state index contributed by atoms with van der Waals surface area (Å²) in [5, 5.41) is 9.60. The van der Waals surface area contributed by atoms with Crippen molar-refractivity contribution in [3.8, 4) is 0 Å². The Balaban J connectivity index is 1.57. The fourth-order valence-corrected chi connectivity index (χ4v) is 4.97. The van der Waals surface area contributed by atoms with Crippen molar-refractivity contribution in [2.45, 2.75) is 76.1 Å². The van der Waals surface area contributed by atoms with Crippen LogP contribution in [0, 0.1) is 5.92 Å². The number of benzene rings is 1. The maximum Gasteiger partial charge on any atom is 0.389 e. The average molecular weight is 555 g/mol. The van der Waals surface area contributed by atoms with Crippen molar-refractivity contribution >= 4 is 22.8 Å². The number of carbonyl (C=O) groups is 2. The van der Waals surface area contributed by atoms with E-state index in [-0.39, 0.29) is 31.6 Å². The Morgan fingerprint density at radius 2 is 1.90 bits per heavy atom. The molecule has 13 heteroatoms. The first-order valence-electron chi connectivity index (χ1n) is 12.9. The summed E-state index contributed by atoms with van der Waals surface area (Å²) < 4.78 is 66.7. The molecule has 0 aliphatic heterocycles. The van der Waals surface area contributed by atoms with Crippen molar-refractivity contribution in [1.29, 1.82) is 0 Å². The Morgan fingerprint density at radius 1 is 1.18 bits per heavy atom. The summed E-state index contributed by atoms with van der Waals surface area (Å²) >= 11 is 0. The number of imidazole rings is 1. The van der Waals surface area contributed by atoms with Crippen molar-refractivity contribution in [3.05, 3.63) is 47.5 Å². The van der Waals surface area contributed by atoms with Gasteiger partial charge >= 0.3 is 6.18 Å². The number of halogens is 5. The highest BCUT2D eigenvalue weighted by Crippen LogP contribution is 2.41. The van der Waals surface area contributed by atoms with Gasteiger partial charge in [0, 0.05) is 32.5 Å². The third kappa shape index (κ3) is 7.12. The minimum absolute atomic E-state index is 0.202. The lowest BCUT2D eigenvalue weighted by atomic mass is 9.81. The zero-order valence-electron chi connectivity index (χ0n) is 21.6. The maximum atomic E-state index is 13.9. The number of rotatable bonds is 9. The number of nitrogens with one attached hydrogen (secondary N) is 3. The monoisotopic (exact) mass is 554 g/mol. The van der Waals surface area contributed by atoms with Crippen molar-refractivity contribution in [2.24, 2.45) is 13.0 Å². The standard InChI is InChI=1S/C26H31F5N6O2/c1-3-17(33-21(38)8-12-26(29,30)31)16-4-5-18-19(14-16)35-23(34-18)22(15-6-10-25(27,28)11-7-15)36-24(39)20-9-13-32-37(20)2/h4-5,9,13-15,17,22H,3,6-8,10-12H2,1-2H3,(H,33,38)(H,34,35)(H,36,39)/t17-,22-/m0/s1. The van der Waals surface area contributed by atoms with Gasteiger partial charge in [-0.2, -0.15) is 18.3 Å². The Bertz CT molecular complexity index is 1310. The summed E-state index contributed by atoms with van der Waals surface area (Å²) in [5.41, 5.74) is 2.13. The summed E-state index contributed by atoms with van der Waals surface area (Å²) in [6.07, 6.45) is -4.51. The number of amides is 2. The highest BCUT2D eigenvalue weighted by Gasteiger charge is 2.39. The van der Waals surface area contributed by atoms with E-state index in [1.54, 1.807) is 38.2 Å². The molecule has 0 unspecified atom stereocenters. The summed E-state index contributed by atoms with van der Waals surface area (Å²) in [5.74, 6) is -3.72. The van der Waals surface area contributed by atoms with Crippen LogP contribution in [0.3, 0.4) is 0 Å². The van der Waals surface area contributed by atoms with Crippen LogP contribution in [0.1, 0.15) is 85.8 Å². The number of nitrogens with zero attached hydrogens (tertiary/aromatic N) is 3. The lowest BCUT2D eigenvalue weighted by Crippen LogP contribution is -2.38. The average Bonchev–Trinajstić information content (AvgIpc) is 3.49. The highest BCUT2D eigenvalue weighted by atomic mass is 19.4. The zero-order chi connectivity index (χ0) is 28.4. The van der Waals surface area contributed by atoms with Crippen molar-refractivity contribution in [1.82, 2.24) is 30.4 Å². The van der Waals surface area contributed by atoms with Gasteiger partial charge in [-0.3, -0.25) is 14.3 Å². The molecule has 4 rings (SSSR count). The summed E-state index contributed by atoms with van der Waals surface area (Å²) in [6.45, 7) is 1.80. The topological polar surface area (TPSA) is 105 Å². The SMILES string of the molecule is CC[C@H](NC(=O)CCC(F)(F)F)c1ccc2[nH]c([C@@H](NC(=O)c3ccnn3C)C3CCC(F)(F)CC3)nc2c1. The molecule has 0 spiro atoms. The molecule has 8 nitrogen and oxygen atoms in total. The van der Waals surface area contributed by atoms with Gasteiger partial charge in [-0.05, 0) is 48.9 Å². The first kappa shape index (κ1) is 28.5.